The first-order chi connectivity index (χ1) is 11.3. The van der Waals surface area contributed by atoms with Crippen molar-refractivity contribution in [3.05, 3.63) is 0 Å². The van der Waals surface area contributed by atoms with E-state index in [0.717, 1.165) is 37.1 Å². The second-order valence-electron chi connectivity index (χ2n) is 8.28. The normalized spacial score (nSPS) is 35.9. The lowest BCUT2D eigenvalue weighted by molar-refractivity contribution is -0.153. The number of carbonyl (C=O) groups is 1. The number of esters is 1. The minimum absolute atomic E-state index is 0.0488. The van der Waals surface area contributed by atoms with Crippen molar-refractivity contribution in [3.8, 4) is 0 Å². The molecule has 4 heteroatoms. The van der Waals surface area contributed by atoms with Crippen LogP contribution >= 0.6 is 0 Å². The fourth-order valence-electron chi connectivity index (χ4n) is 5.27. The lowest BCUT2D eigenvalue weighted by Crippen LogP contribution is -2.46. The zero-order valence-corrected chi connectivity index (χ0v) is 14.3. The van der Waals surface area contributed by atoms with Crippen molar-refractivity contribution in [2.45, 2.75) is 69.9 Å². The summed E-state index contributed by atoms with van der Waals surface area (Å²) in [5.41, 5.74) is 0. The third-order valence-corrected chi connectivity index (χ3v) is 6.80. The number of carbonyl (C=O) groups excluding carboxylic acids is 1. The Morgan fingerprint density at radius 2 is 1.65 bits per heavy atom. The maximum atomic E-state index is 12.8. The Hall–Kier alpha value is -0.610. The molecule has 0 bridgehead atoms. The topological polar surface area (TPSA) is 50.4 Å². The van der Waals surface area contributed by atoms with E-state index in [1.807, 2.05) is 0 Å². The van der Waals surface area contributed by atoms with Crippen molar-refractivity contribution in [2.75, 3.05) is 19.6 Å². The molecule has 3 atom stereocenters. The molecule has 3 aliphatic carbocycles. The number of piperidine rings is 1. The molecule has 4 rings (SSSR count). The second kappa shape index (κ2) is 7.10. The van der Waals surface area contributed by atoms with E-state index < -0.39 is 0 Å². The Bertz CT molecular complexity index is 406. The number of hydrogen-bond acceptors (Lipinski definition) is 4. The first-order valence-corrected chi connectivity index (χ1v) is 9.97. The summed E-state index contributed by atoms with van der Waals surface area (Å²) >= 11 is 0. The summed E-state index contributed by atoms with van der Waals surface area (Å²) in [6.07, 6.45) is 11.0. The van der Waals surface area contributed by atoms with Crippen molar-refractivity contribution < 1.29 is 9.53 Å². The number of hydrogen-bond donors (Lipinski definition) is 2. The summed E-state index contributed by atoms with van der Waals surface area (Å²) in [6.45, 7) is 3.37. The highest BCUT2D eigenvalue weighted by atomic mass is 16.5. The van der Waals surface area contributed by atoms with Crippen molar-refractivity contribution in [1.29, 1.82) is 0 Å². The molecule has 1 aliphatic heterocycles. The molecule has 2 unspecified atom stereocenters. The minimum atomic E-state index is -0.0508. The van der Waals surface area contributed by atoms with Crippen LogP contribution in [0.4, 0.5) is 0 Å². The molecule has 0 radical (unpaired) electrons. The van der Waals surface area contributed by atoms with E-state index in [9.17, 15) is 4.79 Å². The van der Waals surface area contributed by atoms with Gasteiger partial charge < -0.3 is 15.4 Å². The van der Waals surface area contributed by atoms with E-state index in [4.69, 9.17) is 4.74 Å². The third-order valence-electron chi connectivity index (χ3n) is 6.80. The van der Waals surface area contributed by atoms with Gasteiger partial charge >= 0.3 is 5.97 Å². The van der Waals surface area contributed by atoms with Gasteiger partial charge in [-0.2, -0.15) is 0 Å². The van der Waals surface area contributed by atoms with Crippen LogP contribution in [0.15, 0.2) is 0 Å². The standard InChI is InChI=1S/C19H32N2O2/c22-19(23-14-8-4-5-9-14)18(13-6-2-1-3-7-13)21-12-17-15-10-20-11-16(15)17/h13-18,20-21H,1-12H2/t15?,16?,17?,18-/m0/s1. The fourth-order valence-corrected chi connectivity index (χ4v) is 5.27. The molecule has 23 heavy (non-hydrogen) atoms. The Kier molecular flexibility index (Phi) is 4.91. The summed E-state index contributed by atoms with van der Waals surface area (Å²) in [7, 11) is 0. The average molecular weight is 320 g/mol. The van der Waals surface area contributed by atoms with Gasteiger partial charge in [-0.3, -0.25) is 4.79 Å². The number of ether oxygens (including phenoxy) is 1. The van der Waals surface area contributed by atoms with E-state index in [1.165, 1.54) is 58.0 Å². The van der Waals surface area contributed by atoms with Crippen molar-refractivity contribution >= 4 is 5.97 Å². The van der Waals surface area contributed by atoms with Crippen LogP contribution in [0.5, 0.6) is 0 Å². The quantitative estimate of drug-likeness (QED) is 0.738. The Labute approximate surface area is 140 Å². The molecule has 3 saturated carbocycles. The van der Waals surface area contributed by atoms with Gasteiger partial charge in [-0.15, -0.1) is 0 Å². The zero-order valence-electron chi connectivity index (χ0n) is 14.3. The molecule has 1 heterocycles. The van der Waals surface area contributed by atoms with E-state index >= 15 is 0 Å². The molecule has 4 aliphatic rings. The van der Waals surface area contributed by atoms with E-state index in [0.29, 0.717) is 5.92 Å². The van der Waals surface area contributed by atoms with Gasteiger partial charge in [0.25, 0.3) is 0 Å². The molecule has 0 spiro atoms. The molecule has 0 aromatic rings. The van der Waals surface area contributed by atoms with Crippen LogP contribution in [0.3, 0.4) is 0 Å². The summed E-state index contributed by atoms with van der Waals surface area (Å²) < 4.78 is 5.86. The number of fused-ring (bicyclic) bond motifs is 1. The van der Waals surface area contributed by atoms with Gasteiger partial charge in [0.05, 0.1) is 0 Å². The van der Waals surface area contributed by atoms with E-state index in [2.05, 4.69) is 10.6 Å². The van der Waals surface area contributed by atoms with Gasteiger partial charge in [0.15, 0.2) is 0 Å². The monoisotopic (exact) mass is 320 g/mol. The zero-order chi connectivity index (χ0) is 15.6. The average Bonchev–Trinajstić information content (AvgIpc) is 2.99. The summed E-state index contributed by atoms with van der Waals surface area (Å²) in [5, 5.41) is 7.11. The molecule has 0 amide bonds. The highest BCUT2D eigenvalue weighted by molar-refractivity contribution is 5.76. The largest absolute Gasteiger partial charge is 0.461 e. The molecular weight excluding hydrogens is 288 g/mol. The van der Waals surface area contributed by atoms with E-state index in [-0.39, 0.29) is 18.1 Å². The molecule has 1 saturated heterocycles. The molecule has 0 aromatic carbocycles. The molecule has 4 nitrogen and oxygen atoms in total. The van der Waals surface area contributed by atoms with Crippen LogP contribution in [0.1, 0.15) is 57.8 Å². The van der Waals surface area contributed by atoms with Gasteiger partial charge in [-0.05, 0) is 81.8 Å². The van der Waals surface area contributed by atoms with Crippen LogP contribution in [0.25, 0.3) is 0 Å². The molecular formula is C19H32N2O2. The van der Waals surface area contributed by atoms with Gasteiger partial charge in [-0.25, -0.2) is 0 Å². The predicted octanol–water partition coefficient (Wildman–Crippen LogP) is 2.48. The molecule has 130 valence electrons. The number of rotatable bonds is 6. The van der Waals surface area contributed by atoms with Crippen LogP contribution in [-0.2, 0) is 9.53 Å². The maximum Gasteiger partial charge on any atom is 0.323 e. The Balaban J connectivity index is 1.33. The highest BCUT2D eigenvalue weighted by Crippen LogP contribution is 2.48. The Morgan fingerprint density at radius 1 is 1.00 bits per heavy atom. The lowest BCUT2D eigenvalue weighted by atomic mass is 9.83. The lowest BCUT2D eigenvalue weighted by Gasteiger charge is -2.30. The van der Waals surface area contributed by atoms with Crippen LogP contribution in [-0.4, -0.2) is 37.7 Å². The highest BCUT2D eigenvalue weighted by Gasteiger charge is 2.52. The van der Waals surface area contributed by atoms with Gasteiger partial charge in [0.1, 0.15) is 12.1 Å². The maximum absolute atomic E-state index is 12.8. The molecule has 4 fully saturated rings. The van der Waals surface area contributed by atoms with Crippen molar-refractivity contribution in [2.24, 2.45) is 23.7 Å². The summed E-state index contributed by atoms with van der Waals surface area (Å²) in [4.78, 5) is 12.8. The summed E-state index contributed by atoms with van der Waals surface area (Å²) in [6, 6.07) is -0.0508. The second-order valence-corrected chi connectivity index (χ2v) is 8.28. The summed E-state index contributed by atoms with van der Waals surface area (Å²) in [5.74, 6) is 3.06. The van der Waals surface area contributed by atoms with Gasteiger partial charge in [0.2, 0.25) is 0 Å². The van der Waals surface area contributed by atoms with Crippen LogP contribution in [0.2, 0.25) is 0 Å². The SMILES string of the molecule is O=C(OC1CCCC1)[C@@H](NCC1C2CNCC21)C1CCCCC1. The van der Waals surface area contributed by atoms with Gasteiger partial charge in [-0.1, -0.05) is 19.3 Å². The predicted molar refractivity (Wildman–Crippen MR) is 90.1 cm³/mol. The van der Waals surface area contributed by atoms with Crippen molar-refractivity contribution in [1.82, 2.24) is 10.6 Å². The fraction of sp³-hybridized carbons (Fsp3) is 0.947. The smallest absolute Gasteiger partial charge is 0.323 e. The third kappa shape index (κ3) is 3.58. The van der Waals surface area contributed by atoms with Crippen LogP contribution in [0, 0.1) is 23.7 Å². The Morgan fingerprint density at radius 3 is 2.35 bits per heavy atom. The van der Waals surface area contributed by atoms with E-state index in [1.54, 1.807) is 0 Å². The van der Waals surface area contributed by atoms with Crippen molar-refractivity contribution in [3.63, 3.8) is 0 Å². The first-order valence-electron chi connectivity index (χ1n) is 9.97. The van der Waals surface area contributed by atoms with Crippen LogP contribution < -0.4 is 10.6 Å². The minimum Gasteiger partial charge on any atom is -0.461 e. The number of nitrogens with one attached hydrogen (secondary N) is 2. The van der Waals surface area contributed by atoms with Gasteiger partial charge in [0, 0.05) is 0 Å². The molecule has 2 N–H and O–H groups in total. The molecule has 0 aromatic heterocycles. The first kappa shape index (κ1) is 15.9.